The van der Waals surface area contributed by atoms with E-state index < -0.39 is 0 Å². The highest BCUT2D eigenvalue weighted by Gasteiger charge is 2.06. The minimum atomic E-state index is 0.000975. The molecule has 14 heavy (non-hydrogen) atoms. The van der Waals surface area contributed by atoms with Gasteiger partial charge in [0.05, 0.1) is 4.70 Å². The number of hydrogen-bond donors (Lipinski definition) is 1. The van der Waals surface area contributed by atoms with Crippen LogP contribution in [0.25, 0.3) is 10.1 Å². The third-order valence-corrected chi connectivity index (χ3v) is 2.78. The van der Waals surface area contributed by atoms with Gasteiger partial charge in [0.25, 0.3) is 0 Å². The second-order valence-corrected chi connectivity index (χ2v) is 3.73. The fourth-order valence-corrected chi connectivity index (χ4v) is 1.93. The summed E-state index contributed by atoms with van der Waals surface area (Å²) in [6.07, 6.45) is 0.478. The molecule has 2 rings (SSSR count). The number of anilines is 1. The van der Waals surface area contributed by atoms with Gasteiger partial charge in [-0.1, -0.05) is 19.1 Å². The number of fused-ring (bicyclic) bond motifs is 1. The van der Waals surface area contributed by atoms with Crippen molar-refractivity contribution in [3.63, 3.8) is 0 Å². The Morgan fingerprint density at radius 3 is 3.07 bits per heavy atom. The Balaban J connectivity index is 2.38. The normalized spacial score (nSPS) is 10.4. The molecule has 0 saturated carbocycles. The van der Waals surface area contributed by atoms with Crippen LogP contribution in [0.3, 0.4) is 0 Å². The zero-order valence-electron chi connectivity index (χ0n) is 7.78. The van der Waals surface area contributed by atoms with Crippen LogP contribution in [0.5, 0.6) is 0 Å². The van der Waals surface area contributed by atoms with E-state index in [1.807, 2.05) is 31.2 Å². The van der Waals surface area contributed by atoms with Crippen LogP contribution in [-0.4, -0.2) is 10.3 Å². The number of nitrogens with one attached hydrogen (secondary N) is 1. The highest BCUT2D eigenvalue weighted by Crippen LogP contribution is 2.25. The van der Waals surface area contributed by atoms with Crippen molar-refractivity contribution in [3.05, 3.63) is 24.3 Å². The zero-order valence-corrected chi connectivity index (χ0v) is 8.60. The maximum atomic E-state index is 11.2. The fraction of sp³-hybridized carbons (Fsp3) is 0.200. The Labute approximate surface area is 85.9 Å². The first-order valence-electron chi connectivity index (χ1n) is 4.45. The van der Waals surface area contributed by atoms with Crippen molar-refractivity contribution in [2.45, 2.75) is 13.3 Å². The number of rotatable bonds is 2. The number of carbonyl (C=O) groups excluding carboxylic acids is 1. The van der Waals surface area contributed by atoms with E-state index in [1.54, 1.807) is 0 Å². The lowest BCUT2D eigenvalue weighted by Gasteiger charge is -1.98. The van der Waals surface area contributed by atoms with Gasteiger partial charge in [0.1, 0.15) is 0 Å². The number of benzene rings is 1. The van der Waals surface area contributed by atoms with E-state index in [0.717, 1.165) is 10.1 Å². The molecule has 2 aromatic rings. The monoisotopic (exact) mass is 206 g/mol. The molecule has 72 valence electrons. The molecule has 1 heterocycles. The molecule has 0 atom stereocenters. The number of hydrogen-bond acceptors (Lipinski definition) is 3. The smallest absolute Gasteiger partial charge is 0.225 e. The fourth-order valence-electron chi connectivity index (χ4n) is 1.20. The second-order valence-electron chi connectivity index (χ2n) is 2.93. The van der Waals surface area contributed by atoms with Crippen molar-refractivity contribution in [1.29, 1.82) is 0 Å². The first-order valence-corrected chi connectivity index (χ1v) is 5.23. The summed E-state index contributed by atoms with van der Waals surface area (Å²) in [6, 6.07) is 7.86. The van der Waals surface area contributed by atoms with E-state index in [9.17, 15) is 4.79 Å². The Hall–Kier alpha value is -1.42. The standard InChI is InChI=1S/C10H10N2OS/c1-2-9(13)11-10-7-5-3-4-6-8(7)14-12-10/h3-6H,2H2,1H3,(H,11,12,13). The molecule has 0 saturated heterocycles. The summed E-state index contributed by atoms with van der Waals surface area (Å²) in [5, 5.41) is 3.79. The molecule has 1 aromatic heterocycles. The molecule has 1 amide bonds. The van der Waals surface area contributed by atoms with Gasteiger partial charge >= 0.3 is 0 Å². The van der Waals surface area contributed by atoms with Crippen LogP contribution in [0.4, 0.5) is 5.82 Å². The predicted octanol–water partition coefficient (Wildman–Crippen LogP) is 2.64. The molecule has 0 aliphatic heterocycles. The van der Waals surface area contributed by atoms with Crippen LogP contribution in [0.1, 0.15) is 13.3 Å². The molecular weight excluding hydrogens is 196 g/mol. The molecule has 0 bridgehead atoms. The molecular formula is C10H10N2OS. The van der Waals surface area contributed by atoms with Crippen LogP contribution >= 0.6 is 11.5 Å². The number of nitrogens with zero attached hydrogens (tertiary/aromatic N) is 1. The maximum Gasteiger partial charge on any atom is 0.225 e. The van der Waals surface area contributed by atoms with Crippen molar-refractivity contribution in [1.82, 2.24) is 4.37 Å². The average Bonchev–Trinajstić information content (AvgIpc) is 2.62. The third kappa shape index (κ3) is 1.61. The Kier molecular flexibility index (Phi) is 2.45. The molecule has 0 aliphatic rings. The predicted molar refractivity (Wildman–Crippen MR) is 58.5 cm³/mol. The summed E-state index contributed by atoms with van der Waals surface area (Å²) in [5.41, 5.74) is 0. The SMILES string of the molecule is CCC(=O)Nc1nsc2ccccc12. The highest BCUT2D eigenvalue weighted by atomic mass is 32.1. The largest absolute Gasteiger partial charge is 0.309 e. The first-order chi connectivity index (χ1) is 6.81. The van der Waals surface area contributed by atoms with E-state index in [2.05, 4.69) is 9.69 Å². The van der Waals surface area contributed by atoms with Gasteiger partial charge in [-0.15, -0.1) is 0 Å². The molecule has 1 aromatic carbocycles. The van der Waals surface area contributed by atoms with Crippen LogP contribution in [0.2, 0.25) is 0 Å². The maximum absolute atomic E-state index is 11.2. The van der Waals surface area contributed by atoms with Gasteiger partial charge in [0.2, 0.25) is 5.91 Å². The second kappa shape index (κ2) is 3.75. The van der Waals surface area contributed by atoms with E-state index in [0.29, 0.717) is 12.2 Å². The minimum Gasteiger partial charge on any atom is -0.309 e. The summed E-state index contributed by atoms with van der Waals surface area (Å²) in [6.45, 7) is 1.82. The third-order valence-electron chi connectivity index (χ3n) is 1.96. The van der Waals surface area contributed by atoms with Crippen molar-refractivity contribution in [2.75, 3.05) is 5.32 Å². The summed E-state index contributed by atoms with van der Waals surface area (Å²) < 4.78 is 5.29. The lowest BCUT2D eigenvalue weighted by Crippen LogP contribution is -2.09. The number of aromatic nitrogens is 1. The van der Waals surface area contributed by atoms with Gasteiger partial charge in [0.15, 0.2) is 5.82 Å². The molecule has 0 spiro atoms. The number of amides is 1. The van der Waals surface area contributed by atoms with Crippen LogP contribution < -0.4 is 5.32 Å². The Morgan fingerprint density at radius 1 is 1.50 bits per heavy atom. The summed E-state index contributed by atoms with van der Waals surface area (Å²) >= 11 is 1.40. The van der Waals surface area contributed by atoms with Crippen LogP contribution in [0, 0.1) is 0 Å². The Bertz CT molecular complexity index is 464. The van der Waals surface area contributed by atoms with Crippen molar-refractivity contribution in [3.8, 4) is 0 Å². The molecule has 0 radical (unpaired) electrons. The van der Waals surface area contributed by atoms with Gasteiger partial charge in [-0.3, -0.25) is 4.79 Å². The number of carbonyl (C=O) groups is 1. The summed E-state index contributed by atoms with van der Waals surface area (Å²) in [7, 11) is 0. The molecule has 1 N–H and O–H groups in total. The minimum absolute atomic E-state index is 0.000975. The van der Waals surface area contributed by atoms with Crippen molar-refractivity contribution in [2.24, 2.45) is 0 Å². The van der Waals surface area contributed by atoms with E-state index in [4.69, 9.17) is 0 Å². The van der Waals surface area contributed by atoms with E-state index in [-0.39, 0.29) is 5.91 Å². The molecule has 0 fully saturated rings. The van der Waals surface area contributed by atoms with E-state index in [1.165, 1.54) is 11.5 Å². The lowest BCUT2D eigenvalue weighted by atomic mass is 10.2. The molecule has 3 nitrogen and oxygen atoms in total. The highest BCUT2D eigenvalue weighted by molar-refractivity contribution is 7.13. The van der Waals surface area contributed by atoms with Gasteiger partial charge in [-0.25, -0.2) is 0 Å². The van der Waals surface area contributed by atoms with Crippen molar-refractivity contribution < 1.29 is 4.79 Å². The average molecular weight is 206 g/mol. The first kappa shape index (κ1) is 9.15. The van der Waals surface area contributed by atoms with Crippen LogP contribution in [-0.2, 0) is 4.79 Å². The van der Waals surface area contributed by atoms with Gasteiger partial charge in [0, 0.05) is 11.8 Å². The van der Waals surface area contributed by atoms with E-state index >= 15 is 0 Å². The van der Waals surface area contributed by atoms with Crippen molar-refractivity contribution >= 4 is 33.3 Å². The van der Waals surface area contributed by atoms with Gasteiger partial charge in [-0.05, 0) is 23.7 Å². The lowest BCUT2D eigenvalue weighted by molar-refractivity contribution is -0.115. The van der Waals surface area contributed by atoms with Gasteiger partial charge in [-0.2, -0.15) is 4.37 Å². The molecule has 0 unspecified atom stereocenters. The summed E-state index contributed by atoms with van der Waals surface area (Å²) in [4.78, 5) is 11.2. The zero-order chi connectivity index (χ0) is 9.97. The van der Waals surface area contributed by atoms with Gasteiger partial charge < -0.3 is 5.32 Å². The topological polar surface area (TPSA) is 42.0 Å². The Morgan fingerprint density at radius 2 is 2.29 bits per heavy atom. The summed E-state index contributed by atoms with van der Waals surface area (Å²) in [5.74, 6) is 0.679. The quantitative estimate of drug-likeness (QED) is 0.820. The molecule has 0 aliphatic carbocycles. The van der Waals surface area contributed by atoms with Crippen LogP contribution in [0.15, 0.2) is 24.3 Å². The molecule has 4 heteroatoms.